The van der Waals surface area contributed by atoms with Gasteiger partial charge < -0.3 is 4.42 Å². The minimum atomic E-state index is -2.35. The first-order chi connectivity index (χ1) is 13.2. The molecule has 4 aromatic rings. The Morgan fingerprint density at radius 1 is 1.25 bits per heavy atom. The molecule has 116 valence electrons. The predicted octanol–water partition coefficient (Wildman–Crippen LogP) is 4.57. The smallest absolute Gasteiger partial charge is 0.216 e. The molecular weight excluding hydrogens is 296 g/mol. The molecule has 2 aromatic heterocycles. The van der Waals surface area contributed by atoms with Gasteiger partial charge in [-0.1, -0.05) is 18.2 Å². The molecule has 0 amide bonds. The molecular formula is C21H17N2O+. The van der Waals surface area contributed by atoms with E-state index in [4.69, 9.17) is 9.90 Å². The summed E-state index contributed by atoms with van der Waals surface area (Å²) < 4.78 is 38.9. The maximum atomic E-state index is 9.47. The molecule has 0 spiro atoms. The molecule has 0 unspecified atom stereocenters. The number of nitrogens with zero attached hydrogens (tertiary/aromatic N) is 2. The van der Waals surface area contributed by atoms with Crippen molar-refractivity contribution in [1.82, 2.24) is 0 Å². The van der Waals surface area contributed by atoms with E-state index in [0.29, 0.717) is 22.4 Å². The Bertz CT molecular complexity index is 1300. The van der Waals surface area contributed by atoms with E-state index in [1.807, 2.05) is 25.1 Å². The summed E-state index contributed by atoms with van der Waals surface area (Å²) in [6, 6.07) is 13.0. The Labute approximate surface area is 146 Å². The van der Waals surface area contributed by atoms with Crippen LogP contribution in [0.5, 0.6) is 0 Å². The van der Waals surface area contributed by atoms with Gasteiger partial charge in [-0.3, -0.25) is 0 Å². The summed E-state index contributed by atoms with van der Waals surface area (Å²) in [5, 5.41) is 11.0. The molecule has 2 heterocycles. The topological polar surface area (TPSA) is 40.8 Å². The van der Waals surface area contributed by atoms with Crippen molar-refractivity contribution in [3.8, 4) is 17.3 Å². The van der Waals surface area contributed by atoms with Crippen molar-refractivity contribution < 1.29 is 14.5 Å². The molecule has 0 N–H and O–H groups in total. The van der Waals surface area contributed by atoms with E-state index in [0.717, 1.165) is 21.9 Å². The molecule has 0 saturated carbocycles. The molecule has 0 fully saturated rings. The second-order valence-electron chi connectivity index (χ2n) is 5.85. The van der Waals surface area contributed by atoms with Crippen molar-refractivity contribution >= 4 is 21.9 Å². The van der Waals surface area contributed by atoms with Crippen LogP contribution in [-0.4, -0.2) is 0 Å². The fourth-order valence-electron chi connectivity index (χ4n) is 3.20. The van der Waals surface area contributed by atoms with E-state index in [9.17, 15) is 5.26 Å². The van der Waals surface area contributed by atoms with E-state index in [1.54, 1.807) is 29.8 Å². The Hall–Kier alpha value is -3.12. The normalized spacial score (nSPS) is 14.0. The van der Waals surface area contributed by atoms with Crippen LogP contribution in [0.4, 0.5) is 0 Å². The lowest BCUT2D eigenvalue weighted by Crippen LogP contribution is -2.31. The first-order valence-electron chi connectivity index (χ1n) is 9.58. The molecule has 0 aliphatic heterocycles. The summed E-state index contributed by atoms with van der Waals surface area (Å²) in [5.74, 6) is 0. The largest absolute Gasteiger partial charge is 0.455 e. The van der Waals surface area contributed by atoms with Gasteiger partial charge in [0.1, 0.15) is 18.2 Å². The number of hydrogen-bond acceptors (Lipinski definition) is 2. The molecule has 0 radical (unpaired) electrons. The molecule has 0 saturated heterocycles. The van der Waals surface area contributed by atoms with E-state index >= 15 is 0 Å². The van der Waals surface area contributed by atoms with Crippen LogP contribution in [0.15, 0.2) is 53.1 Å². The monoisotopic (exact) mass is 317 g/mol. The van der Waals surface area contributed by atoms with Gasteiger partial charge in [-0.15, -0.1) is 0 Å². The van der Waals surface area contributed by atoms with Crippen LogP contribution < -0.4 is 4.57 Å². The standard InChI is InChI=1S/C21H17N2O/c1-13-7-10-17(23(3)12-13)19-14(2)8-9-16-20-15(11-22)5-4-6-18(20)24-21(16)19/h4-10,12H,1-3H3/q+1/i1D3,7D. The zero-order chi connectivity index (χ0) is 20.2. The Morgan fingerprint density at radius 3 is 2.92 bits per heavy atom. The third-order valence-electron chi connectivity index (χ3n) is 4.32. The zero-order valence-corrected chi connectivity index (χ0v) is 13.3. The maximum absolute atomic E-state index is 9.47. The van der Waals surface area contributed by atoms with Crippen LogP contribution in [0, 0.1) is 25.1 Å². The minimum Gasteiger partial charge on any atom is -0.455 e. The molecule has 24 heavy (non-hydrogen) atoms. The number of aryl methyl sites for hydroxylation is 3. The second-order valence-corrected chi connectivity index (χ2v) is 5.85. The highest BCUT2D eigenvalue weighted by Crippen LogP contribution is 2.37. The number of benzene rings is 2. The van der Waals surface area contributed by atoms with E-state index in [-0.39, 0.29) is 11.6 Å². The second kappa shape index (κ2) is 5.21. The molecule has 2 aromatic carbocycles. The summed E-state index contributed by atoms with van der Waals surface area (Å²) >= 11 is 0. The van der Waals surface area contributed by atoms with Gasteiger partial charge >= 0.3 is 0 Å². The van der Waals surface area contributed by atoms with Crippen molar-refractivity contribution in [2.45, 2.75) is 13.8 Å². The highest BCUT2D eigenvalue weighted by Gasteiger charge is 2.21. The van der Waals surface area contributed by atoms with Crippen LogP contribution in [0.2, 0.25) is 0 Å². The number of furan rings is 1. The predicted molar refractivity (Wildman–Crippen MR) is 94.5 cm³/mol. The number of fused-ring (bicyclic) bond motifs is 3. The fourth-order valence-corrected chi connectivity index (χ4v) is 3.20. The Balaban J connectivity index is 2.09. The van der Waals surface area contributed by atoms with Crippen LogP contribution in [-0.2, 0) is 7.05 Å². The lowest BCUT2D eigenvalue weighted by atomic mass is 9.99. The van der Waals surface area contributed by atoms with Crippen molar-refractivity contribution in [3.63, 3.8) is 0 Å². The third-order valence-corrected chi connectivity index (χ3v) is 4.32. The first kappa shape index (κ1) is 10.6. The number of aromatic nitrogens is 1. The highest BCUT2D eigenvalue weighted by atomic mass is 16.3. The van der Waals surface area contributed by atoms with Crippen LogP contribution in [0.25, 0.3) is 33.2 Å². The van der Waals surface area contributed by atoms with Crippen LogP contribution in [0.3, 0.4) is 0 Å². The summed E-state index contributed by atoms with van der Waals surface area (Å²) in [6.07, 6.45) is 1.48. The first-order valence-corrected chi connectivity index (χ1v) is 7.58. The van der Waals surface area contributed by atoms with Crippen LogP contribution >= 0.6 is 0 Å². The Kier molecular flexibility index (Phi) is 2.30. The lowest BCUT2D eigenvalue weighted by Gasteiger charge is -2.06. The van der Waals surface area contributed by atoms with Gasteiger partial charge in [0.05, 0.1) is 18.6 Å². The van der Waals surface area contributed by atoms with Crippen molar-refractivity contribution in [2.24, 2.45) is 7.05 Å². The molecule has 0 atom stereocenters. The average molecular weight is 317 g/mol. The van der Waals surface area contributed by atoms with Crippen molar-refractivity contribution in [2.75, 3.05) is 0 Å². The number of pyridine rings is 1. The average Bonchev–Trinajstić information content (AvgIpc) is 3.01. The van der Waals surface area contributed by atoms with Crippen molar-refractivity contribution in [1.29, 1.82) is 5.26 Å². The summed E-state index contributed by atoms with van der Waals surface area (Å²) in [6.45, 7) is -0.413. The number of nitriles is 1. The van der Waals surface area contributed by atoms with Gasteiger partial charge in [-0.2, -0.15) is 5.26 Å². The van der Waals surface area contributed by atoms with Gasteiger partial charge in [0.15, 0.2) is 6.20 Å². The van der Waals surface area contributed by atoms with Gasteiger partial charge in [0, 0.05) is 26.5 Å². The fraction of sp³-hybridized carbons (Fsp3) is 0.143. The summed E-state index contributed by atoms with van der Waals surface area (Å²) in [4.78, 5) is 0. The Morgan fingerprint density at radius 2 is 2.12 bits per heavy atom. The van der Waals surface area contributed by atoms with Gasteiger partial charge in [-0.05, 0) is 37.5 Å². The quantitative estimate of drug-likeness (QED) is 0.483. The highest BCUT2D eigenvalue weighted by molar-refractivity contribution is 6.11. The van der Waals surface area contributed by atoms with Gasteiger partial charge in [0.2, 0.25) is 5.69 Å². The SMILES string of the molecule is [2H]c1cc(-c2c(C)ccc3c2oc2cccc(C#N)c23)[n+](C)cc1C([2H])([2H])[2H]. The maximum Gasteiger partial charge on any atom is 0.216 e. The number of hydrogen-bond donors (Lipinski definition) is 0. The van der Waals surface area contributed by atoms with E-state index in [2.05, 4.69) is 6.07 Å². The minimum absolute atomic E-state index is 0.0000455. The summed E-state index contributed by atoms with van der Waals surface area (Å²) in [5.41, 5.74) is 4.17. The van der Waals surface area contributed by atoms with Crippen LogP contribution in [0.1, 0.15) is 22.2 Å². The van der Waals surface area contributed by atoms with Gasteiger partial charge in [-0.25, -0.2) is 4.57 Å². The molecule has 0 aliphatic carbocycles. The van der Waals surface area contributed by atoms with E-state index in [1.165, 1.54) is 6.20 Å². The number of rotatable bonds is 1. The van der Waals surface area contributed by atoms with Gasteiger partial charge in [0.25, 0.3) is 0 Å². The molecule has 4 rings (SSSR count). The summed E-state index contributed by atoms with van der Waals surface area (Å²) in [7, 11) is 1.76. The lowest BCUT2D eigenvalue weighted by molar-refractivity contribution is -0.660. The zero-order valence-electron chi connectivity index (χ0n) is 17.3. The molecule has 3 nitrogen and oxygen atoms in total. The third kappa shape index (κ3) is 2.00. The van der Waals surface area contributed by atoms with Crippen molar-refractivity contribution in [3.05, 3.63) is 65.3 Å². The molecule has 0 aliphatic rings. The molecule has 3 heteroatoms. The van der Waals surface area contributed by atoms with E-state index < -0.39 is 6.85 Å². The molecule has 0 bridgehead atoms.